The molecule has 3 rings (SSSR count). The number of benzene rings is 1. The molecular weight excluding hydrogens is 376 g/mol. The lowest BCUT2D eigenvalue weighted by Crippen LogP contribution is -2.27. The molecule has 0 aliphatic carbocycles. The van der Waals surface area contributed by atoms with Crippen molar-refractivity contribution in [1.29, 1.82) is 10.5 Å². The summed E-state index contributed by atoms with van der Waals surface area (Å²) in [5, 5.41) is 21.5. The van der Waals surface area contributed by atoms with Crippen LogP contribution < -0.4 is 20.7 Å². The second kappa shape index (κ2) is 8.84. The van der Waals surface area contributed by atoms with Crippen molar-refractivity contribution in [3.8, 4) is 17.9 Å². The van der Waals surface area contributed by atoms with E-state index in [0.717, 1.165) is 16.0 Å². The van der Waals surface area contributed by atoms with Gasteiger partial charge in [-0.25, -0.2) is 15.0 Å². The van der Waals surface area contributed by atoms with Crippen LogP contribution in [-0.2, 0) is 0 Å². The highest BCUT2D eigenvalue weighted by molar-refractivity contribution is 7.22. The predicted molar refractivity (Wildman–Crippen MR) is 109 cm³/mol. The van der Waals surface area contributed by atoms with Gasteiger partial charge in [0.1, 0.15) is 17.8 Å². The lowest BCUT2D eigenvalue weighted by molar-refractivity contribution is 0.415. The molecule has 0 radical (unpaired) electrons. The molecule has 10 heteroatoms. The minimum atomic E-state index is 0.303. The Morgan fingerprint density at radius 1 is 1.21 bits per heavy atom. The maximum atomic E-state index is 8.88. The first-order valence-corrected chi connectivity index (χ1v) is 9.29. The molecule has 3 aromatic rings. The summed E-state index contributed by atoms with van der Waals surface area (Å²) in [6, 6.07) is 9.85. The van der Waals surface area contributed by atoms with Crippen LogP contribution in [0, 0.1) is 22.7 Å². The fourth-order valence-electron chi connectivity index (χ4n) is 2.62. The number of nitriles is 2. The Kier molecular flexibility index (Phi) is 6.04. The van der Waals surface area contributed by atoms with Crippen LogP contribution in [0.5, 0.6) is 5.75 Å². The first kappa shape index (κ1) is 19.1. The van der Waals surface area contributed by atoms with Crippen molar-refractivity contribution >= 4 is 44.0 Å². The second-order valence-electron chi connectivity index (χ2n) is 5.74. The van der Waals surface area contributed by atoms with Gasteiger partial charge in [0, 0.05) is 13.1 Å². The Labute approximate surface area is 166 Å². The second-order valence-corrected chi connectivity index (χ2v) is 6.77. The summed E-state index contributed by atoms with van der Waals surface area (Å²) in [4.78, 5) is 14.8. The van der Waals surface area contributed by atoms with Gasteiger partial charge < -0.3 is 20.7 Å². The zero-order valence-corrected chi connectivity index (χ0v) is 16.0. The highest BCUT2D eigenvalue weighted by Crippen LogP contribution is 2.33. The van der Waals surface area contributed by atoms with Crippen molar-refractivity contribution in [1.82, 2.24) is 15.0 Å². The summed E-state index contributed by atoms with van der Waals surface area (Å²) < 4.78 is 6.21. The Hall–Kier alpha value is -3.63. The third-order valence-corrected chi connectivity index (χ3v) is 4.90. The predicted octanol–water partition coefficient (Wildman–Crippen LogP) is 3.05. The molecule has 0 saturated heterocycles. The maximum Gasteiger partial charge on any atom is 0.189 e. The average molecular weight is 394 g/mol. The molecule has 142 valence electrons. The first-order valence-electron chi connectivity index (χ1n) is 8.47. The monoisotopic (exact) mass is 394 g/mol. The van der Waals surface area contributed by atoms with Gasteiger partial charge in [0.25, 0.3) is 0 Å². The topological polar surface area (TPSA) is 137 Å². The minimum absolute atomic E-state index is 0.303. The van der Waals surface area contributed by atoms with E-state index < -0.39 is 0 Å². The summed E-state index contributed by atoms with van der Waals surface area (Å²) >= 11 is 1.45. The van der Waals surface area contributed by atoms with Crippen LogP contribution in [0.3, 0.4) is 0 Å². The van der Waals surface area contributed by atoms with E-state index in [1.54, 1.807) is 7.11 Å². The third kappa shape index (κ3) is 4.19. The van der Waals surface area contributed by atoms with Crippen LogP contribution in [0.2, 0.25) is 0 Å². The van der Waals surface area contributed by atoms with Gasteiger partial charge in [0.15, 0.2) is 16.8 Å². The number of ether oxygens (including phenoxy) is 1. The molecular formula is C18H18N8OS. The SMILES string of the molecule is COc1ccc2nc(Nc3ncnc(N(CCC#N)CCC#N)c3N)sc2c1. The van der Waals surface area contributed by atoms with Gasteiger partial charge >= 0.3 is 0 Å². The van der Waals surface area contributed by atoms with E-state index in [4.69, 9.17) is 21.0 Å². The number of nitrogens with one attached hydrogen (secondary N) is 1. The molecule has 0 spiro atoms. The molecule has 1 aromatic carbocycles. The summed E-state index contributed by atoms with van der Waals surface area (Å²) in [7, 11) is 1.62. The number of aromatic nitrogens is 3. The van der Waals surface area contributed by atoms with Gasteiger partial charge in [-0.1, -0.05) is 11.3 Å². The lowest BCUT2D eigenvalue weighted by atomic mass is 10.3. The smallest absolute Gasteiger partial charge is 0.189 e. The van der Waals surface area contributed by atoms with Gasteiger partial charge in [-0.3, -0.25) is 0 Å². The fraction of sp³-hybridized carbons (Fsp3) is 0.278. The van der Waals surface area contributed by atoms with Crippen molar-refractivity contribution in [3.63, 3.8) is 0 Å². The van der Waals surface area contributed by atoms with E-state index >= 15 is 0 Å². The number of rotatable bonds is 8. The van der Waals surface area contributed by atoms with Gasteiger partial charge in [0.2, 0.25) is 0 Å². The molecule has 2 aromatic heterocycles. The van der Waals surface area contributed by atoms with E-state index in [-0.39, 0.29) is 0 Å². The Bertz CT molecular complexity index is 1030. The Morgan fingerprint density at radius 2 is 1.96 bits per heavy atom. The van der Waals surface area contributed by atoms with Crippen LogP contribution in [0.25, 0.3) is 10.2 Å². The molecule has 9 nitrogen and oxygen atoms in total. The van der Waals surface area contributed by atoms with Crippen molar-refractivity contribution in [2.24, 2.45) is 0 Å². The molecule has 2 heterocycles. The van der Waals surface area contributed by atoms with E-state index in [1.165, 1.54) is 17.7 Å². The standard InChI is InChI=1S/C18H18N8OS/c1-27-12-4-5-13-14(10-12)28-18(24-13)25-16-15(21)17(23-11-22-16)26(8-2-6-19)9-3-7-20/h4-5,10-11H,2-3,8-9,21H2,1H3,(H,22,23,24,25). The number of nitrogen functional groups attached to an aromatic ring is 1. The van der Waals surface area contributed by atoms with Gasteiger partial charge in [-0.05, 0) is 18.2 Å². The number of nitrogens with two attached hydrogens (primary N) is 1. The Morgan fingerprint density at radius 3 is 2.64 bits per heavy atom. The van der Waals surface area contributed by atoms with E-state index in [2.05, 4.69) is 32.4 Å². The van der Waals surface area contributed by atoms with E-state index in [9.17, 15) is 0 Å². The maximum absolute atomic E-state index is 8.88. The van der Waals surface area contributed by atoms with E-state index in [1.807, 2.05) is 23.1 Å². The third-order valence-electron chi connectivity index (χ3n) is 3.97. The zero-order valence-electron chi connectivity index (χ0n) is 15.2. The van der Waals surface area contributed by atoms with Crippen LogP contribution in [0.1, 0.15) is 12.8 Å². The molecule has 0 unspecified atom stereocenters. The summed E-state index contributed by atoms with van der Waals surface area (Å²) in [5.74, 6) is 1.68. The van der Waals surface area contributed by atoms with Gasteiger partial charge in [-0.2, -0.15) is 10.5 Å². The first-order chi connectivity index (χ1) is 13.7. The van der Waals surface area contributed by atoms with Crippen LogP contribution in [-0.4, -0.2) is 35.2 Å². The number of hydrogen-bond acceptors (Lipinski definition) is 10. The molecule has 3 N–H and O–H groups in total. The number of nitrogens with zero attached hydrogens (tertiary/aromatic N) is 6. The molecule has 28 heavy (non-hydrogen) atoms. The number of thiazole rings is 1. The summed E-state index contributed by atoms with van der Waals surface area (Å²) in [5.41, 5.74) is 7.46. The summed E-state index contributed by atoms with van der Waals surface area (Å²) in [6.45, 7) is 0.861. The highest BCUT2D eigenvalue weighted by Gasteiger charge is 2.16. The summed E-state index contributed by atoms with van der Waals surface area (Å²) in [6.07, 6.45) is 2.00. The van der Waals surface area contributed by atoms with Crippen molar-refractivity contribution in [2.75, 3.05) is 36.1 Å². The van der Waals surface area contributed by atoms with Crippen molar-refractivity contribution in [2.45, 2.75) is 12.8 Å². The highest BCUT2D eigenvalue weighted by atomic mass is 32.1. The lowest BCUT2D eigenvalue weighted by Gasteiger charge is -2.23. The van der Waals surface area contributed by atoms with Crippen molar-refractivity contribution < 1.29 is 4.74 Å². The number of anilines is 4. The van der Waals surface area contributed by atoms with Crippen molar-refractivity contribution in [3.05, 3.63) is 24.5 Å². The van der Waals surface area contributed by atoms with Gasteiger partial charge in [0.05, 0.1) is 42.3 Å². The fourth-order valence-corrected chi connectivity index (χ4v) is 3.51. The average Bonchev–Trinajstić information content (AvgIpc) is 3.11. The van der Waals surface area contributed by atoms with Crippen LogP contribution >= 0.6 is 11.3 Å². The van der Waals surface area contributed by atoms with E-state index in [0.29, 0.717) is 48.4 Å². The number of methoxy groups -OCH3 is 1. The minimum Gasteiger partial charge on any atom is -0.497 e. The largest absolute Gasteiger partial charge is 0.497 e. The molecule has 0 saturated carbocycles. The quantitative estimate of drug-likeness (QED) is 0.590. The molecule has 0 atom stereocenters. The molecule has 0 amide bonds. The molecule has 0 bridgehead atoms. The molecule has 0 aliphatic heterocycles. The van der Waals surface area contributed by atoms with Gasteiger partial charge in [-0.15, -0.1) is 0 Å². The van der Waals surface area contributed by atoms with Crippen LogP contribution in [0.4, 0.5) is 22.5 Å². The number of fused-ring (bicyclic) bond motifs is 1. The normalized spacial score (nSPS) is 10.2. The zero-order chi connectivity index (χ0) is 19.9. The Balaban J connectivity index is 1.87. The number of hydrogen-bond donors (Lipinski definition) is 2. The molecule has 0 fully saturated rings. The molecule has 0 aliphatic rings. The van der Waals surface area contributed by atoms with Crippen LogP contribution in [0.15, 0.2) is 24.5 Å².